The van der Waals surface area contributed by atoms with Crippen LogP contribution >= 0.6 is 0 Å². The summed E-state index contributed by atoms with van der Waals surface area (Å²) < 4.78 is 17.7. The molecule has 0 aliphatic heterocycles. The highest BCUT2D eigenvalue weighted by atomic mass is 19.1. The van der Waals surface area contributed by atoms with Gasteiger partial charge in [-0.3, -0.25) is 4.79 Å². The van der Waals surface area contributed by atoms with E-state index >= 15 is 0 Å². The van der Waals surface area contributed by atoms with Crippen molar-refractivity contribution < 1.29 is 13.9 Å². The zero-order chi connectivity index (χ0) is 11.3. The van der Waals surface area contributed by atoms with Crippen LogP contribution in [0, 0.1) is 5.82 Å². The number of benzene rings is 1. The van der Waals surface area contributed by atoms with E-state index in [-0.39, 0.29) is 24.9 Å². The van der Waals surface area contributed by atoms with Gasteiger partial charge in [0, 0.05) is 24.9 Å². The average molecular weight is 212 g/mol. The Kier molecular flexibility index (Phi) is 4.20. The predicted octanol–water partition coefficient (Wildman–Crippen LogP) is 0.869. The zero-order valence-electron chi connectivity index (χ0n) is 8.42. The van der Waals surface area contributed by atoms with E-state index in [0.717, 1.165) is 0 Å². The Balaban J connectivity index is 2.74. The topological polar surface area (TPSA) is 64.3 Å². The molecule has 0 aliphatic rings. The van der Waals surface area contributed by atoms with Crippen LogP contribution < -0.4 is 11.1 Å². The lowest BCUT2D eigenvalue weighted by atomic mass is 10.2. The Hall–Kier alpha value is -1.46. The standard InChI is InChI=1S/C10H13FN2O2/c1-15-6-10(14)13-8-2-3-9(11)7(4-8)5-12/h2-4H,5-6,12H2,1H3,(H,13,14). The second kappa shape index (κ2) is 5.43. The monoisotopic (exact) mass is 212 g/mol. The Morgan fingerprint density at radius 3 is 2.93 bits per heavy atom. The lowest BCUT2D eigenvalue weighted by molar-refractivity contribution is -0.119. The number of hydrogen-bond acceptors (Lipinski definition) is 3. The summed E-state index contributed by atoms with van der Waals surface area (Å²) in [7, 11) is 1.43. The molecule has 0 fully saturated rings. The molecule has 1 rings (SSSR count). The summed E-state index contributed by atoms with van der Waals surface area (Å²) in [6, 6.07) is 4.25. The van der Waals surface area contributed by atoms with Gasteiger partial charge in [-0.2, -0.15) is 0 Å². The summed E-state index contributed by atoms with van der Waals surface area (Å²) in [4.78, 5) is 11.1. The van der Waals surface area contributed by atoms with E-state index in [9.17, 15) is 9.18 Å². The highest BCUT2D eigenvalue weighted by molar-refractivity contribution is 5.91. The summed E-state index contributed by atoms with van der Waals surface area (Å²) >= 11 is 0. The van der Waals surface area contributed by atoms with Crippen LogP contribution in [0.15, 0.2) is 18.2 Å². The fourth-order valence-corrected chi connectivity index (χ4v) is 1.14. The van der Waals surface area contributed by atoms with Crippen LogP contribution in [0.2, 0.25) is 0 Å². The molecular weight excluding hydrogens is 199 g/mol. The summed E-state index contributed by atoms with van der Waals surface area (Å²) in [6.07, 6.45) is 0. The van der Waals surface area contributed by atoms with Gasteiger partial charge in [-0.15, -0.1) is 0 Å². The molecule has 0 aliphatic carbocycles. The fraction of sp³-hybridized carbons (Fsp3) is 0.300. The Bertz CT molecular complexity index is 355. The van der Waals surface area contributed by atoms with Gasteiger partial charge in [0.15, 0.2) is 0 Å². The molecule has 0 bridgehead atoms. The van der Waals surface area contributed by atoms with Crippen LogP contribution in [0.25, 0.3) is 0 Å². The maximum Gasteiger partial charge on any atom is 0.250 e. The first-order chi connectivity index (χ1) is 7.17. The Morgan fingerprint density at radius 2 is 2.33 bits per heavy atom. The second-order valence-electron chi connectivity index (χ2n) is 2.99. The quantitative estimate of drug-likeness (QED) is 0.778. The molecule has 1 aromatic carbocycles. The molecule has 0 aromatic heterocycles. The number of nitrogens with one attached hydrogen (secondary N) is 1. The third kappa shape index (κ3) is 3.30. The number of methoxy groups -OCH3 is 1. The van der Waals surface area contributed by atoms with Crippen molar-refractivity contribution in [1.29, 1.82) is 0 Å². The Morgan fingerprint density at radius 1 is 1.60 bits per heavy atom. The van der Waals surface area contributed by atoms with Crippen molar-refractivity contribution in [3.63, 3.8) is 0 Å². The van der Waals surface area contributed by atoms with Crippen LogP contribution in [-0.2, 0) is 16.1 Å². The van der Waals surface area contributed by atoms with Gasteiger partial charge in [-0.1, -0.05) is 0 Å². The smallest absolute Gasteiger partial charge is 0.250 e. The molecule has 1 amide bonds. The Labute approximate surface area is 87.2 Å². The molecular formula is C10H13FN2O2. The second-order valence-corrected chi connectivity index (χ2v) is 2.99. The number of rotatable bonds is 4. The van der Waals surface area contributed by atoms with Gasteiger partial charge in [-0.05, 0) is 18.2 Å². The first kappa shape index (κ1) is 11.6. The number of ether oxygens (including phenoxy) is 1. The van der Waals surface area contributed by atoms with E-state index in [2.05, 4.69) is 10.1 Å². The van der Waals surface area contributed by atoms with Gasteiger partial charge in [0.1, 0.15) is 12.4 Å². The molecule has 3 N–H and O–H groups in total. The molecule has 0 heterocycles. The van der Waals surface area contributed by atoms with Crippen LogP contribution in [0.4, 0.5) is 10.1 Å². The number of hydrogen-bond donors (Lipinski definition) is 2. The van der Waals surface area contributed by atoms with Crippen LogP contribution in [-0.4, -0.2) is 19.6 Å². The lowest BCUT2D eigenvalue weighted by Gasteiger charge is -2.06. The van der Waals surface area contributed by atoms with Gasteiger partial charge in [0.25, 0.3) is 0 Å². The zero-order valence-corrected chi connectivity index (χ0v) is 8.42. The summed E-state index contributed by atoms with van der Waals surface area (Å²) in [5.41, 5.74) is 6.21. The van der Waals surface area contributed by atoms with Crippen LogP contribution in [0.5, 0.6) is 0 Å². The largest absolute Gasteiger partial charge is 0.375 e. The van der Waals surface area contributed by atoms with Crippen molar-refractivity contribution in [2.45, 2.75) is 6.54 Å². The fourth-order valence-electron chi connectivity index (χ4n) is 1.14. The highest BCUT2D eigenvalue weighted by Crippen LogP contribution is 2.14. The van der Waals surface area contributed by atoms with Crippen molar-refractivity contribution in [1.82, 2.24) is 0 Å². The summed E-state index contributed by atoms with van der Waals surface area (Å²) in [6.45, 7) is 0.0646. The summed E-state index contributed by atoms with van der Waals surface area (Å²) in [5.74, 6) is -0.658. The number of halogens is 1. The SMILES string of the molecule is COCC(=O)Nc1ccc(F)c(CN)c1. The van der Waals surface area contributed by atoms with Crippen molar-refractivity contribution in [2.75, 3.05) is 19.0 Å². The third-order valence-corrected chi connectivity index (χ3v) is 1.82. The minimum Gasteiger partial charge on any atom is -0.375 e. The van der Waals surface area contributed by atoms with E-state index in [1.807, 2.05) is 0 Å². The molecule has 82 valence electrons. The maximum atomic E-state index is 13.0. The molecule has 0 saturated heterocycles. The molecule has 15 heavy (non-hydrogen) atoms. The predicted molar refractivity (Wildman–Crippen MR) is 54.8 cm³/mol. The number of nitrogens with two attached hydrogens (primary N) is 1. The van der Waals surface area contributed by atoms with Crippen LogP contribution in [0.1, 0.15) is 5.56 Å². The highest BCUT2D eigenvalue weighted by Gasteiger charge is 2.04. The molecule has 0 radical (unpaired) electrons. The normalized spacial score (nSPS) is 10.1. The van der Waals surface area contributed by atoms with Crippen LogP contribution in [0.3, 0.4) is 0 Å². The van der Waals surface area contributed by atoms with E-state index < -0.39 is 0 Å². The summed E-state index contributed by atoms with van der Waals surface area (Å²) in [5, 5.41) is 2.56. The van der Waals surface area contributed by atoms with E-state index in [4.69, 9.17) is 5.73 Å². The first-order valence-corrected chi connectivity index (χ1v) is 4.44. The van der Waals surface area contributed by atoms with Gasteiger partial charge < -0.3 is 15.8 Å². The van der Waals surface area contributed by atoms with E-state index in [1.165, 1.54) is 25.3 Å². The van der Waals surface area contributed by atoms with Gasteiger partial charge in [0.2, 0.25) is 5.91 Å². The van der Waals surface area contributed by atoms with Gasteiger partial charge >= 0.3 is 0 Å². The molecule has 1 aromatic rings. The minimum atomic E-state index is -0.373. The third-order valence-electron chi connectivity index (χ3n) is 1.82. The molecule has 5 heteroatoms. The van der Waals surface area contributed by atoms with E-state index in [0.29, 0.717) is 11.3 Å². The number of carbonyl (C=O) groups excluding carboxylic acids is 1. The molecule has 4 nitrogen and oxygen atoms in total. The maximum absolute atomic E-state index is 13.0. The van der Waals surface area contributed by atoms with Crippen molar-refractivity contribution in [3.8, 4) is 0 Å². The molecule has 0 saturated carbocycles. The molecule has 0 atom stereocenters. The number of anilines is 1. The molecule has 0 unspecified atom stereocenters. The van der Waals surface area contributed by atoms with Gasteiger partial charge in [0.05, 0.1) is 0 Å². The van der Waals surface area contributed by atoms with Crippen molar-refractivity contribution in [3.05, 3.63) is 29.6 Å². The van der Waals surface area contributed by atoms with E-state index in [1.54, 1.807) is 0 Å². The van der Waals surface area contributed by atoms with Crippen molar-refractivity contribution in [2.24, 2.45) is 5.73 Å². The molecule has 0 spiro atoms. The lowest BCUT2D eigenvalue weighted by Crippen LogP contribution is -2.17. The number of carbonyl (C=O) groups is 1. The average Bonchev–Trinajstić information content (AvgIpc) is 2.21. The number of amides is 1. The minimum absolute atomic E-state index is 0.0324. The van der Waals surface area contributed by atoms with Crippen molar-refractivity contribution >= 4 is 11.6 Å². The van der Waals surface area contributed by atoms with Gasteiger partial charge in [-0.25, -0.2) is 4.39 Å². The first-order valence-electron chi connectivity index (χ1n) is 4.44.